The van der Waals surface area contributed by atoms with Gasteiger partial charge in [0.2, 0.25) is 11.8 Å². The smallest absolute Gasteiger partial charge is 0.228 e. The Hall–Kier alpha value is -1.36. The second-order valence-corrected chi connectivity index (χ2v) is 4.70. The van der Waals surface area contributed by atoms with Gasteiger partial charge in [0.25, 0.3) is 0 Å². The quantitative estimate of drug-likeness (QED) is 0.846. The number of ether oxygens (including phenoxy) is 1. The Kier molecular flexibility index (Phi) is 3.78. The molecule has 17 heavy (non-hydrogen) atoms. The Balaban J connectivity index is 2.06. The molecule has 5 nitrogen and oxygen atoms in total. The summed E-state index contributed by atoms with van der Waals surface area (Å²) < 4.78 is 5.57. The van der Waals surface area contributed by atoms with Crippen LogP contribution in [0.1, 0.15) is 20.3 Å². The van der Waals surface area contributed by atoms with Crippen LogP contribution in [-0.4, -0.2) is 35.7 Å². The summed E-state index contributed by atoms with van der Waals surface area (Å²) in [6, 6.07) is 1.79. The van der Waals surface area contributed by atoms with E-state index < -0.39 is 0 Å². The minimum absolute atomic E-state index is 0.133. The van der Waals surface area contributed by atoms with Crippen molar-refractivity contribution >= 4 is 5.95 Å². The molecule has 0 aromatic carbocycles. The van der Waals surface area contributed by atoms with E-state index in [1.807, 2.05) is 13.8 Å². The van der Waals surface area contributed by atoms with Crippen molar-refractivity contribution in [2.24, 2.45) is 11.7 Å². The molecule has 1 unspecified atom stereocenters. The number of hydrogen-bond acceptors (Lipinski definition) is 5. The monoisotopic (exact) mass is 236 g/mol. The molecule has 0 saturated carbocycles. The SMILES string of the molecule is CC(C)Oc1ccnc(N2CCC(CN)C2)n1. The molecule has 2 heterocycles. The van der Waals surface area contributed by atoms with Crippen LogP contribution in [0, 0.1) is 5.92 Å². The molecule has 2 N–H and O–H groups in total. The Morgan fingerprint density at radius 1 is 1.59 bits per heavy atom. The first-order valence-corrected chi connectivity index (χ1v) is 6.13. The summed E-state index contributed by atoms with van der Waals surface area (Å²) in [5.41, 5.74) is 5.68. The molecule has 1 aromatic rings. The topological polar surface area (TPSA) is 64.3 Å². The van der Waals surface area contributed by atoms with E-state index in [1.54, 1.807) is 12.3 Å². The lowest BCUT2D eigenvalue weighted by atomic mass is 10.1. The second kappa shape index (κ2) is 5.31. The Morgan fingerprint density at radius 2 is 2.41 bits per heavy atom. The first kappa shape index (κ1) is 12.1. The van der Waals surface area contributed by atoms with Crippen LogP contribution in [0.5, 0.6) is 5.88 Å². The molecule has 1 aliphatic rings. The van der Waals surface area contributed by atoms with Crippen molar-refractivity contribution in [2.75, 3.05) is 24.5 Å². The molecule has 1 fully saturated rings. The summed E-state index contributed by atoms with van der Waals surface area (Å²) in [4.78, 5) is 10.9. The highest BCUT2D eigenvalue weighted by Crippen LogP contribution is 2.21. The number of rotatable bonds is 4. The predicted octanol–water partition coefficient (Wildman–Crippen LogP) is 1.05. The second-order valence-electron chi connectivity index (χ2n) is 4.70. The molecule has 94 valence electrons. The van der Waals surface area contributed by atoms with E-state index in [0.717, 1.165) is 32.0 Å². The summed E-state index contributed by atoms with van der Waals surface area (Å²) in [6.07, 6.45) is 3.00. The van der Waals surface area contributed by atoms with Crippen LogP contribution in [0.2, 0.25) is 0 Å². The maximum absolute atomic E-state index is 5.68. The maximum Gasteiger partial charge on any atom is 0.228 e. The van der Waals surface area contributed by atoms with E-state index in [0.29, 0.717) is 11.8 Å². The zero-order valence-corrected chi connectivity index (χ0v) is 10.5. The van der Waals surface area contributed by atoms with Gasteiger partial charge in [-0.3, -0.25) is 0 Å². The molecular formula is C12H20N4O. The number of nitrogens with two attached hydrogens (primary N) is 1. The van der Waals surface area contributed by atoms with Gasteiger partial charge in [-0.25, -0.2) is 4.98 Å². The molecule has 2 rings (SSSR count). The molecular weight excluding hydrogens is 216 g/mol. The van der Waals surface area contributed by atoms with Gasteiger partial charge in [0.05, 0.1) is 6.10 Å². The fourth-order valence-electron chi connectivity index (χ4n) is 2.00. The number of hydrogen-bond donors (Lipinski definition) is 1. The maximum atomic E-state index is 5.68. The van der Waals surface area contributed by atoms with Crippen molar-refractivity contribution in [3.8, 4) is 5.88 Å². The van der Waals surface area contributed by atoms with E-state index in [4.69, 9.17) is 10.5 Å². The summed E-state index contributed by atoms with van der Waals surface area (Å²) in [7, 11) is 0. The standard InChI is InChI=1S/C12H20N4O/c1-9(2)17-11-3-5-14-12(15-11)16-6-4-10(7-13)8-16/h3,5,9-10H,4,6-8,13H2,1-2H3. The van der Waals surface area contributed by atoms with Gasteiger partial charge in [0.15, 0.2) is 0 Å². The van der Waals surface area contributed by atoms with E-state index in [9.17, 15) is 0 Å². The largest absolute Gasteiger partial charge is 0.475 e. The molecule has 1 aliphatic heterocycles. The first-order chi connectivity index (χ1) is 8.19. The highest BCUT2D eigenvalue weighted by Gasteiger charge is 2.23. The number of nitrogens with zero attached hydrogens (tertiary/aromatic N) is 3. The van der Waals surface area contributed by atoms with E-state index in [1.165, 1.54) is 0 Å². The molecule has 0 spiro atoms. The lowest BCUT2D eigenvalue weighted by Gasteiger charge is -2.17. The van der Waals surface area contributed by atoms with Crippen molar-refractivity contribution < 1.29 is 4.74 Å². The average Bonchev–Trinajstić information content (AvgIpc) is 2.77. The van der Waals surface area contributed by atoms with Gasteiger partial charge in [-0.1, -0.05) is 0 Å². The predicted molar refractivity (Wildman–Crippen MR) is 67.2 cm³/mol. The third kappa shape index (κ3) is 3.06. The van der Waals surface area contributed by atoms with Crippen molar-refractivity contribution in [3.05, 3.63) is 12.3 Å². The Bertz CT molecular complexity index is 369. The Labute approximate surface area is 102 Å². The molecule has 5 heteroatoms. The van der Waals surface area contributed by atoms with Crippen molar-refractivity contribution in [3.63, 3.8) is 0 Å². The molecule has 1 atom stereocenters. The summed E-state index contributed by atoms with van der Waals surface area (Å²) in [5, 5.41) is 0. The molecule has 0 radical (unpaired) electrons. The zero-order chi connectivity index (χ0) is 12.3. The zero-order valence-electron chi connectivity index (χ0n) is 10.5. The van der Waals surface area contributed by atoms with Gasteiger partial charge < -0.3 is 15.4 Å². The number of aromatic nitrogens is 2. The van der Waals surface area contributed by atoms with Gasteiger partial charge in [-0.05, 0) is 32.7 Å². The first-order valence-electron chi connectivity index (χ1n) is 6.13. The molecule has 0 amide bonds. The van der Waals surface area contributed by atoms with Gasteiger partial charge in [-0.15, -0.1) is 0 Å². The van der Waals surface area contributed by atoms with Gasteiger partial charge in [0.1, 0.15) is 0 Å². The van der Waals surface area contributed by atoms with Crippen molar-refractivity contribution in [1.29, 1.82) is 0 Å². The Morgan fingerprint density at radius 3 is 3.06 bits per heavy atom. The molecule has 1 saturated heterocycles. The molecule has 0 bridgehead atoms. The van der Waals surface area contributed by atoms with Crippen LogP contribution in [0.4, 0.5) is 5.95 Å². The van der Waals surface area contributed by atoms with Gasteiger partial charge >= 0.3 is 0 Å². The third-order valence-electron chi connectivity index (χ3n) is 2.88. The highest BCUT2D eigenvalue weighted by molar-refractivity contribution is 5.33. The minimum Gasteiger partial charge on any atom is -0.475 e. The fourth-order valence-corrected chi connectivity index (χ4v) is 2.00. The molecule has 1 aromatic heterocycles. The summed E-state index contributed by atoms with van der Waals surface area (Å²) in [6.45, 7) is 6.64. The van der Waals surface area contributed by atoms with Crippen LogP contribution in [0.15, 0.2) is 12.3 Å². The highest BCUT2D eigenvalue weighted by atomic mass is 16.5. The van der Waals surface area contributed by atoms with Crippen LogP contribution in [0.3, 0.4) is 0 Å². The van der Waals surface area contributed by atoms with Crippen molar-refractivity contribution in [2.45, 2.75) is 26.4 Å². The van der Waals surface area contributed by atoms with Crippen LogP contribution < -0.4 is 15.4 Å². The average molecular weight is 236 g/mol. The van der Waals surface area contributed by atoms with Crippen LogP contribution in [0.25, 0.3) is 0 Å². The third-order valence-corrected chi connectivity index (χ3v) is 2.88. The van der Waals surface area contributed by atoms with E-state index >= 15 is 0 Å². The molecule has 0 aliphatic carbocycles. The van der Waals surface area contributed by atoms with Crippen LogP contribution in [-0.2, 0) is 0 Å². The minimum atomic E-state index is 0.133. The van der Waals surface area contributed by atoms with E-state index in [2.05, 4.69) is 14.9 Å². The lowest BCUT2D eigenvalue weighted by Crippen LogP contribution is -2.24. The van der Waals surface area contributed by atoms with Crippen molar-refractivity contribution in [1.82, 2.24) is 9.97 Å². The number of anilines is 1. The fraction of sp³-hybridized carbons (Fsp3) is 0.667. The van der Waals surface area contributed by atoms with Gasteiger partial charge in [0, 0.05) is 25.4 Å². The van der Waals surface area contributed by atoms with Gasteiger partial charge in [-0.2, -0.15) is 4.98 Å². The van der Waals surface area contributed by atoms with Crippen LogP contribution >= 0.6 is 0 Å². The normalized spacial score (nSPS) is 20.0. The summed E-state index contributed by atoms with van der Waals surface area (Å²) in [5.74, 6) is 1.95. The lowest BCUT2D eigenvalue weighted by molar-refractivity contribution is 0.232. The summed E-state index contributed by atoms with van der Waals surface area (Å²) >= 11 is 0. The van der Waals surface area contributed by atoms with E-state index in [-0.39, 0.29) is 6.10 Å².